The first-order chi connectivity index (χ1) is 8.22. The van der Waals surface area contributed by atoms with Crippen molar-refractivity contribution in [2.45, 2.75) is 0 Å². The van der Waals surface area contributed by atoms with Gasteiger partial charge in [0.15, 0.2) is 0 Å². The number of ether oxygens (including phenoxy) is 1. The van der Waals surface area contributed by atoms with E-state index in [1.807, 2.05) is 24.3 Å². The highest BCUT2D eigenvalue weighted by atomic mass is 32.1. The Bertz CT molecular complexity index is 562. The van der Waals surface area contributed by atoms with Gasteiger partial charge in [-0.05, 0) is 6.07 Å². The first kappa shape index (κ1) is 11.6. The summed E-state index contributed by atoms with van der Waals surface area (Å²) in [7, 11) is 1.29. The van der Waals surface area contributed by atoms with Crippen LogP contribution in [0.5, 0.6) is 0 Å². The molecule has 0 saturated heterocycles. The van der Waals surface area contributed by atoms with Crippen LogP contribution in [0.3, 0.4) is 0 Å². The molecule has 0 radical (unpaired) electrons. The first-order valence-electron chi connectivity index (χ1n) is 5.03. The van der Waals surface area contributed by atoms with E-state index in [0.717, 1.165) is 10.1 Å². The molecule has 0 aliphatic heterocycles. The van der Waals surface area contributed by atoms with Crippen molar-refractivity contribution < 1.29 is 14.3 Å². The predicted octanol–water partition coefficient (Wildman–Crippen LogP) is 1.80. The van der Waals surface area contributed by atoms with Gasteiger partial charge in [-0.15, -0.1) is 11.3 Å². The molecule has 1 N–H and O–H groups in total. The molecule has 17 heavy (non-hydrogen) atoms. The Morgan fingerprint density at radius 3 is 2.88 bits per heavy atom. The van der Waals surface area contributed by atoms with Crippen LogP contribution in [0.1, 0.15) is 10.4 Å². The number of hydrogen-bond acceptors (Lipinski definition) is 4. The molecule has 2 aromatic rings. The van der Waals surface area contributed by atoms with Crippen LogP contribution >= 0.6 is 11.3 Å². The molecule has 0 fully saturated rings. The van der Waals surface area contributed by atoms with E-state index < -0.39 is 5.97 Å². The number of amides is 1. The highest BCUT2D eigenvalue weighted by Crippen LogP contribution is 2.25. The molecule has 1 amide bonds. The lowest BCUT2D eigenvalue weighted by molar-refractivity contribution is -0.139. The van der Waals surface area contributed by atoms with Gasteiger partial charge in [-0.3, -0.25) is 9.59 Å². The van der Waals surface area contributed by atoms with Gasteiger partial charge in [-0.1, -0.05) is 18.2 Å². The third kappa shape index (κ3) is 2.45. The molecule has 2 rings (SSSR count). The van der Waals surface area contributed by atoms with Crippen LogP contribution in [0, 0.1) is 0 Å². The van der Waals surface area contributed by atoms with E-state index in [0.29, 0.717) is 5.56 Å². The van der Waals surface area contributed by atoms with Gasteiger partial charge in [0.25, 0.3) is 5.91 Å². The van der Waals surface area contributed by atoms with Crippen molar-refractivity contribution in [1.29, 1.82) is 0 Å². The van der Waals surface area contributed by atoms with Gasteiger partial charge < -0.3 is 10.1 Å². The number of carbonyl (C=O) groups is 2. The third-order valence-electron chi connectivity index (χ3n) is 2.35. The van der Waals surface area contributed by atoms with Gasteiger partial charge in [0.2, 0.25) is 0 Å². The van der Waals surface area contributed by atoms with Gasteiger partial charge in [0, 0.05) is 15.5 Å². The van der Waals surface area contributed by atoms with E-state index in [1.165, 1.54) is 18.4 Å². The average molecular weight is 249 g/mol. The van der Waals surface area contributed by atoms with E-state index in [-0.39, 0.29) is 12.5 Å². The molecule has 0 aliphatic rings. The second-order valence-electron chi connectivity index (χ2n) is 3.40. The summed E-state index contributed by atoms with van der Waals surface area (Å²) >= 11 is 1.51. The van der Waals surface area contributed by atoms with Gasteiger partial charge in [-0.25, -0.2) is 0 Å². The van der Waals surface area contributed by atoms with Gasteiger partial charge >= 0.3 is 5.97 Å². The van der Waals surface area contributed by atoms with Crippen LogP contribution in [-0.4, -0.2) is 25.5 Å². The largest absolute Gasteiger partial charge is 0.468 e. The molecule has 88 valence electrons. The van der Waals surface area contributed by atoms with Crippen molar-refractivity contribution in [2.75, 3.05) is 13.7 Å². The highest BCUT2D eigenvalue weighted by molar-refractivity contribution is 7.17. The zero-order valence-electron chi connectivity index (χ0n) is 9.23. The molecule has 0 atom stereocenters. The summed E-state index contributed by atoms with van der Waals surface area (Å²) in [6, 6.07) is 7.65. The van der Waals surface area contributed by atoms with Crippen LogP contribution in [0.25, 0.3) is 10.1 Å². The fourth-order valence-electron chi connectivity index (χ4n) is 1.47. The summed E-state index contributed by atoms with van der Waals surface area (Å²) in [6.07, 6.45) is 0. The fourth-order valence-corrected chi connectivity index (χ4v) is 2.41. The quantitative estimate of drug-likeness (QED) is 0.844. The molecular formula is C12H11NO3S. The van der Waals surface area contributed by atoms with Crippen molar-refractivity contribution >= 4 is 33.3 Å². The lowest BCUT2D eigenvalue weighted by atomic mass is 10.2. The molecule has 1 aromatic heterocycles. The minimum Gasteiger partial charge on any atom is -0.468 e. The van der Waals surface area contributed by atoms with Crippen LogP contribution in [0.2, 0.25) is 0 Å². The van der Waals surface area contributed by atoms with E-state index in [4.69, 9.17) is 0 Å². The molecule has 5 heteroatoms. The smallest absolute Gasteiger partial charge is 0.325 e. The number of esters is 1. The lowest BCUT2D eigenvalue weighted by Gasteiger charge is -2.02. The Kier molecular flexibility index (Phi) is 3.39. The Balaban J connectivity index is 2.17. The van der Waals surface area contributed by atoms with Gasteiger partial charge in [0.05, 0.1) is 12.7 Å². The summed E-state index contributed by atoms with van der Waals surface area (Å²) in [4.78, 5) is 22.7. The lowest BCUT2D eigenvalue weighted by Crippen LogP contribution is -2.29. The summed E-state index contributed by atoms with van der Waals surface area (Å²) in [6.45, 7) is -0.112. The van der Waals surface area contributed by atoms with Gasteiger partial charge in [0.1, 0.15) is 6.54 Å². The minimum absolute atomic E-state index is 0.112. The van der Waals surface area contributed by atoms with Crippen molar-refractivity contribution in [3.63, 3.8) is 0 Å². The number of fused-ring (bicyclic) bond motifs is 1. The number of nitrogens with one attached hydrogen (secondary N) is 1. The maximum atomic E-state index is 11.8. The topological polar surface area (TPSA) is 55.4 Å². The van der Waals surface area contributed by atoms with E-state index >= 15 is 0 Å². The zero-order valence-corrected chi connectivity index (χ0v) is 10.0. The van der Waals surface area contributed by atoms with E-state index in [9.17, 15) is 9.59 Å². The summed E-state index contributed by atoms with van der Waals surface area (Å²) < 4.78 is 5.51. The Morgan fingerprint density at radius 2 is 2.12 bits per heavy atom. The highest BCUT2D eigenvalue weighted by Gasteiger charge is 2.12. The summed E-state index contributed by atoms with van der Waals surface area (Å²) in [5, 5.41) is 5.21. The fraction of sp³-hybridized carbons (Fsp3) is 0.167. The van der Waals surface area contributed by atoms with Crippen LogP contribution in [-0.2, 0) is 9.53 Å². The van der Waals surface area contributed by atoms with Crippen LogP contribution < -0.4 is 5.32 Å². The number of carbonyl (C=O) groups excluding carboxylic acids is 2. The maximum absolute atomic E-state index is 11.8. The number of methoxy groups -OCH3 is 1. The number of benzene rings is 1. The van der Waals surface area contributed by atoms with Crippen LogP contribution in [0.15, 0.2) is 29.6 Å². The molecule has 0 spiro atoms. The monoisotopic (exact) mass is 249 g/mol. The molecule has 4 nitrogen and oxygen atoms in total. The molecule has 1 heterocycles. The molecule has 1 aromatic carbocycles. The Labute approximate surface area is 102 Å². The van der Waals surface area contributed by atoms with Crippen molar-refractivity contribution in [3.8, 4) is 0 Å². The Morgan fingerprint density at radius 1 is 1.35 bits per heavy atom. The van der Waals surface area contributed by atoms with Crippen molar-refractivity contribution in [3.05, 3.63) is 35.2 Å². The molecule has 0 saturated carbocycles. The second-order valence-corrected chi connectivity index (χ2v) is 4.32. The number of rotatable bonds is 3. The standard InChI is InChI=1S/C12H11NO3S/c1-16-11(14)6-13-12(15)9-7-17-10-5-3-2-4-8(9)10/h2-5,7H,6H2,1H3,(H,13,15). The molecule has 0 bridgehead atoms. The first-order valence-corrected chi connectivity index (χ1v) is 5.91. The minimum atomic E-state index is -0.460. The van der Waals surface area contributed by atoms with Gasteiger partial charge in [-0.2, -0.15) is 0 Å². The van der Waals surface area contributed by atoms with Crippen LogP contribution in [0.4, 0.5) is 0 Å². The zero-order chi connectivity index (χ0) is 12.3. The maximum Gasteiger partial charge on any atom is 0.325 e. The molecular weight excluding hydrogens is 238 g/mol. The third-order valence-corrected chi connectivity index (χ3v) is 3.31. The second kappa shape index (κ2) is 4.97. The number of thiophene rings is 1. The molecule has 0 aliphatic carbocycles. The SMILES string of the molecule is COC(=O)CNC(=O)c1csc2ccccc12. The number of hydrogen-bond donors (Lipinski definition) is 1. The summed E-state index contributed by atoms with van der Waals surface area (Å²) in [5.74, 6) is -0.717. The predicted molar refractivity (Wildman–Crippen MR) is 66.2 cm³/mol. The summed E-state index contributed by atoms with van der Waals surface area (Å²) in [5.41, 5.74) is 0.592. The van der Waals surface area contributed by atoms with E-state index in [1.54, 1.807) is 5.38 Å². The average Bonchev–Trinajstić information content (AvgIpc) is 2.79. The van der Waals surface area contributed by atoms with Crippen molar-refractivity contribution in [1.82, 2.24) is 5.32 Å². The van der Waals surface area contributed by atoms with Crippen molar-refractivity contribution in [2.24, 2.45) is 0 Å². The Hall–Kier alpha value is -1.88. The normalized spacial score (nSPS) is 10.2. The molecule has 0 unspecified atom stereocenters. The van der Waals surface area contributed by atoms with E-state index in [2.05, 4.69) is 10.1 Å².